The van der Waals surface area contributed by atoms with Gasteiger partial charge in [-0.25, -0.2) is 9.59 Å². The molecule has 1 aromatic rings. The third-order valence-corrected chi connectivity index (χ3v) is 2.33. The van der Waals surface area contributed by atoms with Crippen molar-refractivity contribution in [2.45, 2.75) is 20.3 Å². The Kier molecular flexibility index (Phi) is 6.95. The van der Waals surface area contributed by atoms with Gasteiger partial charge in [0.15, 0.2) is 0 Å². The molecule has 0 aliphatic heterocycles. The van der Waals surface area contributed by atoms with Crippen molar-refractivity contribution in [1.82, 2.24) is 10.6 Å². The van der Waals surface area contributed by atoms with Crippen LogP contribution in [-0.2, 0) is 9.53 Å². The number of urea groups is 1. The van der Waals surface area contributed by atoms with Crippen molar-refractivity contribution in [3.8, 4) is 0 Å². The van der Waals surface area contributed by atoms with Crippen LogP contribution in [0.5, 0.6) is 0 Å². The Bertz CT molecular complexity index is 465. The quantitative estimate of drug-likeness (QED) is 0.454. The van der Waals surface area contributed by atoms with Crippen molar-refractivity contribution in [1.29, 1.82) is 0 Å². The number of ether oxygens (including phenoxy) is 1. The zero-order valence-electron chi connectivity index (χ0n) is 11.8. The van der Waals surface area contributed by atoms with Crippen molar-refractivity contribution in [2.75, 3.05) is 19.7 Å². The smallest absolute Gasteiger partial charge is 0.330 e. The zero-order valence-corrected chi connectivity index (χ0v) is 11.8. The number of amides is 2. The lowest BCUT2D eigenvalue weighted by molar-refractivity contribution is -0.137. The van der Waals surface area contributed by atoms with Crippen molar-refractivity contribution in [3.63, 3.8) is 0 Å². The summed E-state index contributed by atoms with van der Waals surface area (Å²) >= 11 is 0. The average Bonchev–Trinajstić information content (AvgIpc) is 2.82. The van der Waals surface area contributed by atoms with Gasteiger partial charge in [-0.05, 0) is 38.5 Å². The Morgan fingerprint density at radius 3 is 2.80 bits per heavy atom. The number of rotatable bonds is 7. The monoisotopic (exact) mass is 280 g/mol. The molecule has 0 saturated carbocycles. The first-order valence-electron chi connectivity index (χ1n) is 6.54. The molecule has 0 radical (unpaired) electrons. The predicted molar refractivity (Wildman–Crippen MR) is 75.1 cm³/mol. The molecule has 0 aliphatic rings. The normalized spacial score (nSPS) is 10.5. The van der Waals surface area contributed by atoms with Crippen LogP contribution in [-0.4, -0.2) is 31.7 Å². The molecule has 2 amide bonds. The van der Waals surface area contributed by atoms with Crippen LogP contribution in [0.4, 0.5) is 4.79 Å². The second-order valence-electron chi connectivity index (χ2n) is 4.09. The molecule has 0 aromatic carbocycles. The number of nitrogens with one attached hydrogen (secondary N) is 2. The Balaban J connectivity index is 2.11. The number of esters is 1. The van der Waals surface area contributed by atoms with E-state index >= 15 is 0 Å². The summed E-state index contributed by atoms with van der Waals surface area (Å²) in [5.41, 5.74) is 0. The first-order chi connectivity index (χ1) is 9.61. The molecule has 0 aliphatic carbocycles. The van der Waals surface area contributed by atoms with Gasteiger partial charge in [0.2, 0.25) is 0 Å². The molecular formula is C14H20N2O4. The second kappa shape index (κ2) is 8.79. The lowest BCUT2D eigenvalue weighted by atomic mass is 10.4. The minimum atomic E-state index is -0.433. The Morgan fingerprint density at radius 2 is 2.15 bits per heavy atom. The summed E-state index contributed by atoms with van der Waals surface area (Å²) < 4.78 is 10.3. The van der Waals surface area contributed by atoms with E-state index in [2.05, 4.69) is 10.6 Å². The van der Waals surface area contributed by atoms with Gasteiger partial charge < -0.3 is 19.8 Å². The number of furan rings is 1. The summed E-state index contributed by atoms with van der Waals surface area (Å²) in [4.78, 5) is 22.4. The number of hydrogen-bond acceptors (Lipinski definition) is 4. The van der Waals surface area contributed by atoms with E-state index in [9.17, 15) is 9.59 Å². The van der Waals surface area contributed by atoms with E-state index in [4.69, 9.17) is 9.15 Å². The molecule has 0 atom stereocenters. The van der Waals surface area contributed by atoms with Crippen molar-refractivity contribution in [3.05, 3.63) is 29.7 Å². The maximum Gasteiger partial charge on any atom is 0.330 e. The third-order valence-electron chi connectivity index (χ3n) is 2.33. The summed E-state index contributed by atoms with van der Waals surface area (Å²) in [6.07, 6.45) is 3.44. The van der Waals surface area contributed by atoms with Gasteiger partial charge in [-0.1, -0.05) is 0 Å². The molecule has 0 fully saturated rings. The SMILES string of the molecule is CCNC(=O)NCCCOC(=O)C=Cc1ccc(C)o1. The molecule has 0 unspecified atom stereocenters. The maximum absolute atomic E-state index is 11.4. The topological polar surface area (TPSA) is 80.6 Å². The van der Waals surface area contributed by atoms with Crippen molar-refractivity contribution < 1.29 is 18.7 Å². The van der Waals surface area contributed by atoms with Crippen LogP contribution in [0.3, 0.4) is 0 Å². The summed E-state index contributed by atoms with van der Waals surface area (Å²) in [5, 5.41) is 5.25. The van der Waals surface area contributed by atoms with Gasteiger partial charge in [-0.15, -0.1) is 0 Å². The van der Waals surface area contributed by atoms with E-state index < -0.39 is 5.97 Å². The summed E-state index contributed by atoms with van der Waals surface area (Å²) in [6.45, 7) is 4.97. The molecule has 1 heterocycles. The fourth-order valence-electron chi connectivity index (χ4n) is 1.41. The van der Waals surface area contributed by atoms with E-state index in [-0.39, 0.29) is 12.6 Å². The molecule has 1 aromatic heterocycles. The standard InChI is InChI=1S/C14H20N2O4/c1-3-15-14(18)16-9-4-10-19-13(17)8-7-12-6-5-11(2)20-12/h5-8H,3-4,9-10H2,1-2H3,(H2,15,16,18). The van der Waals surface area contributed by atoms with E-state index in [0.29, 0.717) is 25.3 Å². The van der Waals surface area contributed by atoms with Crippen molar-refractivity contribution >= 4 is 18.1 Å². The molecule has 0 saturated heterocycles. The molecule has 20 heavy (non-hydrogen) atoms. The first kappa shape index (κ1) is 15.8. The number of hydrogen-bond donors (Lipinski definition) is 2. The van der Waals surface area contributed by atoms with Gasteiger partial charge >= 0.3 is 12.0 Å². The zero-order chi connectivity index (χ0) is 14.8. The van der Waals surface area contributed by atoms with Crippen LogP contribution in [0.1, 0.15) is 24.9 Å². The second-order valence-corrected chi connectivity index (χ2v) is 4.09. The Morgan fingerprint density at radius 1 is 1.35 bits per heavy atom. The third kappa shape index (κ3) is 6.63. The molecule has 110 valence electrons. The largest absolute Gasteiger partial charge is 0.462 e. The Hall–Kier alpha value is -2.24. The fraction of sp³-hybridized carbons (Fsp3) is 0.429. The number of aryl methyl sites for hydroxylation is 1. The number of carbonyl (C=O) groups is 2. The highest BCUT2D eigenvalue weighted by atomic mass is 16.5. The fourth-order valence-corrected chi connectivity index (χ4v) is 1.41. The van der Waals surface area contributed by atoms with Crippen LogP contribution in [0.15, 0.2) is 22.6 Å². The number of carbonyl (C=O) groups excluding carboxylic acids is 2. The molecule has 1 rings (SSSR count). The van der Waals surface area contributed by atoms with E-state index in [1.165, 1.54) is 6.08 Å². The molecule has 0 spiro atoms. The van der Waals surface area contributed by atoms with Gasteiger partial charge in [-0.2, -0.15) is 0 Å². The molecule has 2 N–H and O–H groups in total. The van der Waals surface area contributed by atoms with Gasteiger partial charge in [0.1, 0.15) is 11.5 Å². The summed E-state index contributed by atoms with van der Waals surface area (Å²) in [5.74, 6) is 0.962. The van der Waals surface area contributed by atoms with Gasteiger partial charge in [0.25, 0.3) is 0 Å². The van der Waals surface area contributed by atoms with Crippen LogP contribution in [0, 0.1) is 6.92 Å². The van der Waals surface area contributed by atoms with E-state index in [0.717, 1.165) is 5.76 Å². The first-order valence-corrected chi connectivity index (χ1v) is 6.54. The maximum atomic E-state index is 11.4. The van der Waals surface area contributed by atoms with Gasteiger partial charge in [0, 0.05) is 19.2 Å². The Labute approximate surface area is 118 Å². The van der Waals surface area contributed by atoms with Crippen LogP contribution >= 0.6 is 0 Å². The lowest BCUT2D eigenvalue weighted by Gasteiger charge is -2.05. The summed E-state index contributed by atoms with van der Waals surface area (Å²) in [6, 6.07) is 3.37. The average molecular weight is 280 g/mol. The molecule has 6 heteroatoms. The van der Waals surface area contributed by atoms with E-state index in [1.807, 2.05) is 19.9 Å². The van der Waals surface area contributed by atoms with Crippen LogP contribution in [0.25, 0.3) is 6.08 Å². The minimum Gasteiger partial charge on any atom is -0.462 e. The molecular weight excluding hydrogens is 260 g/mol. The van der Waals surface area contributed by atoms with Gasteiger partial charge in [-0.3, -0.25) is 0 Å². The highest BCUT2D eigenvalue weighted by Gasteiger charge is 2.00. The molecule has 6 nitrogen and oxygen atoms in total. The highest BCUT2D eigenvalue weighted by Crippen LogP contribution is 2.07. The molecule has 0 bridgehead atoms. The van der Waals surface area contributed by atoms with Gasteiger partial charge in [0.05, 0.1) is 6.61 Å². The lowest BCUT2D eigenvalue weighted by Crippen LogP contribution is -2.36. The summed E-state index contributed by atoms with van der Waals surface area (Å²) in [7, 11) is 0. The minimum absolute atomic E-state index is 0.216. The van der Waals surface area contributed by atoms with E-state index in [1.54, 1.807) is 12.1 Å². The van der Waals surface area contributed by atoms with Crippen LogP contribution in [0.2, 0.25) is 0 Å². The van der Waals surface area contributed by atoms with Crippen molar-refractivity contribution in [2.24, 2.45) is 0 Å². The van der Waals surface area contributed by atoms with Crippen LogP contribution < -0.4 is 10.6 Å². The highest BCUT2D eigenvalue weighted by molar-refractivity contribution is 5.86. The predicted octanol–water partition coefficient (Wildman–Crippen LogP) is 1.85.